The van der Waals surface area contributed by atoms with E-state index in [9.17, 15) is 22.4 Å². The van der Waals surface area contributed by atoms with E-state index in [4.69, 9.17) is 4.74 Å². The second-order valence-corrected chi connectivity index (χ2v) is 5.11. The number of alkyl halides is 3. The zero-order valence-corrected chi connectivity index (χ0v) is 13.2. The number of hydrogen-bond acceptors (Lipinski definition) is 5. The van der Waals surface area contributed by atoms with Gasteiger partial charge in [-0.2, -0.15) is 18.2 Å². The van der Waals surface area contributed by atoms with Crippen LogP contribution in [0, 0.1) is 5.82 Å². The van der Waals surface area contributed by atoms with Gasteiger partial charge in [0.05, 0.1) is 5.56 Å². The fraction of sp³-hybridized carbons (Fsp3) is 0.400. The number of hydrogen-bond donors (Lipinski definition) is 1. The van der Waals surface area contributed by atoms with Gasteiger partial charge in [0.15, 0.2) is 0 Å². The zero-order valence-electron chi connectivity index (χ0n) is 13.2. The number of nitrogens with zero attached hydrogens (tertiary/aromatic N) is 2. The Morgan fingerprint density at radius 3 is 2.72 bits per heavy atom. The minimum absolute atomic E-state index is 0.0864. The van der Waals surface area contributed by atoms with Crippen LogP contribution < -0.4 is 5.32 Å². The number of ether oxygens (including phenoxy) is 1. The van der Waals surface area contributed by atoms with Gasteiger partial charge in [0.25, 0.3) is 0 Å². The number of nitrogens with one attached hydrogen (secondary N) is 1. The highest BCUT2D eigenvalue weighted by atomic mass is 19.4. The first-order chi connectivity index (χ1) is 11.8. The molecular formula is C15H15F4N3O3. The summed E-state index contributed by atoms with van der Waals surface area (Å²) in [7, 11) is 1.53. The normalized spacial score (nSPS) is 11.6. The van der Waals surface area contributed by atoms with Crippen molar-refractivity contribution in [1.82, 2.24) is 15.5 Å². The minimum Gasteiger partial charge on any atom is -0.385 e. The number of rotatable bonds is 7. The quantitative estimate of drug-likeness (QED) is 0.606. The van der Waals surface area contributed by atoms with E-state index >= 15 is 0 Å². The highest BCUT2D eigenvalue weighted by molar-refractivity contribution is 5.75. The van der Waals surface area contributed by atoms with Gasteiger partial charge in [-0.1, -0.05) is 11.2 Å². The van der Waals surface area contributed by atoms with Gasteiger partial charge in [0.2, 0.25) is 11.7 Å². The van der Waals surface area contributed by atoms with Crippen molar-refractivity contribution in [2.24, 2.45) is 0 Å². The Balaban J connectivity index is 2.01. The maximum Gasteiger partial charge on any atom is 0.471 e. The molecule has 1 amide bonds. The summed E-state index contributed by atoms with van der Waals surface area (Å²) in [5.41, 5.74) is 0.218. The summed E-state index contributed by atoms with van der Waals surface area (Å²) in [5.74, 6) is -3.08. The number of carbonyl (C=O) groups excluding carboxylic acids is 1. The van der Waals surface area contributed by atoms with Gasteiger partial charge in [0, 0.05) is 26.7 Å². The van der Waals surface area contributed by atoms with Crippen LogP contribution in [-0.4, -0.2) is 29.8 Å². The molecule has 0 atom stereocenters. The molecule has 1 N–H and O–H groups in total. The van der Waals surface area contributed by atoms with Gasteiger partial charge >= 0.3 is 12.1 Å². The summed E-state index contributed by atoms with van der Waals surface area (Å²) in [5, 5.41) is 5.74. The van der Waals surface area contributed by atoms with Crippen LogP contribution in [0.3, 0.4) is 0 Å². The zero-order chi connectivity index (χ0) is 18.4. The summed E-state index contributed by atoms with van der Waals surface area (Å²) in [6, 6.07) is 3.78. The first kappa shape index (κ1) is 18.8. The van der Waals surface area contributed by atoms with Crippen LogP contribution in [0.1, 0.15) is 24.3 Å². The number of aromatic nitrogens is 2. The van der Waals surface area contributed by atoms with Crippen LogP contribution in [0.2, 0.25) is 0 Å². The molecule has 1 aromatic heterocycles. The molecule has 0 saturated heterocycles. The summed E-state index contributed by atoms with van der Waals surface area (Å²) in [6.45, 7) is 0.546. The maximum absolute atomic E-state index is 14.1. The largest absolute Gasteiger partial charge is 0.471 e. The van der Waals surface area contributed by atoms with E-state index in [0.29, 0.717) is 18.6 Å². The third kappa shape index (κ3) is 5.24. The summed E-state index contributed by atoms with van der Waals surface area (Å²) < 4.78 is 60.3. The first-order valence-electron chi connectivity index (χ1n) is 7.26. The lowest BCUT2D eigenvalue weighted by Gasteiger charge is -2.06. The average molecular weight is 361 g/mol. The molecule has 0 radical (unpaired) electrons. The van der Waals surface area contributed by atoms with Crippen LogP contribution in [0.5, 0.6) is 0 Å². The number of halogens is 4. The Bertz CT molecular complexity index is 731. The van der Waals surface area contributed by atoms with E-state index in [2.05, 4.69) is 20.0 Å². The third-order valence-electron chi connectivity index (χ3n) is 3.18. The number of carbonyl (C=O) groups is 1. The van der Waals surface area contributed by atoms with Gasteiger partial charge in [-0.15, -0.1) is 0 Å². The van der Waals surface area contributed by atoms with E-state index in [1.165, 1.54) is 19.2 Å². The van der Waals surface area contributed by atoms with Crippen LogP contribution in [0.4, 0.5) is 17.6 Å². The molecule has 10 heteroatoms. The van der Waals surface area contributed by atoms with Gasteiger partial charge < -0.3 is 14.6 Å². The topological polar surface area (TPSA) is 77.2 Å². The number of amides is 1. The first-order valence-corrected chi connectivity index (χ1v) is 7.26. The van der Waals surface area contributed by atoms with E-state index < -0.39 is 23.7 Å². The van der Waals surface area contributed by atoms with Crippen LogP contribution in [0.15, 0.2) is 22.7 Å². The van der Waals surface area contributed by atoms with Crippen molar-refractivity contribution in [3.8, 4) is 11.4 Å². The fourth-order valence-electron chi connectivity index (χ4n) is 1.96. The van der Waals surface area contributed by atoms with E-state index in [0.717, 1.165) is 6.07 Å². The Morgan fingerprint density at radius 1 is 1.36 bits per heavy atom. The average Bonchev–Trinajstić information content (AvgIpc) is 3.03. The monoisotopic (exact) mass is 361 g/mol. The van der Waals surface area contributed by atoms with Crippen molar-refractivity contribution in [3.63, 3.8) is 0 Å². The Hall–Kier alpha value is -2.49. The highest BCUT2D eigenvalue weighted by Crippen LogP contribution is 2.30. The van der Waals surface area contributed by atoms with Crippen LogP contribution >= 0.6 is 0 Å². The lowest BCUT2D eigenvalue weighted by molar-refractivity contribution is -0.159. The molecule has 0 aliphatic carbocycles. The van der Waals surface area contributed by atoms with Crippen LogP contribution in [0.25, 0.3) is 11.4 Å². The van der Waals surface area contributed by atoms with Crippen molar-refractivity contribution in [1.29, 1.82) is 0 Å². The summed E-state index contributed by atoms with van der Waals surface area (Å²) in [6.07, 6.45) is -3.96. The second kappa shape index (κ2) is 8.06. The van der Waals surface area contributed by atoms with Crippen molar-refractivity contribution in [2.75, 3.05) is 13.7 Å². The molecule has 25 heavy (non-hydrogen) atoms. The number of methoxy groups -OCH3 is 1. The van der Waals surface area contributed by atoms with Gasteiger partial charge in [-0.05, 0) is 24.1 Å². The SMILES string of the molecule is COCCCC(=O)NCc1ccc(-c2noc(C(F)(F)F)n2)c(F)c1. The summed E-state index contributed by atoms with van der Waals surface area (Å²) >= 11 is 0. The van der Waals surface area contributed by atoms with Crippen molar-refractivity contribution >= 4 is 5.91 Å². The second-order valence-electron chi connectivity index (χ2n) is 5.11. The summed E-state index contributed by atoms with van der Waals surface area (Å²) in [4.78, 5) is 14.7. The molecule has 2 aromatic rings. The van der Waals surface area contributed by atoms with Gasteiger partial charge in [-0.25, -0.2) is 4.39 Å². The van der Waals surface area contributed by atoms with Gasteiger partial charge in [0.1, 0.15) is 5.82 Å². The van der Waals surface area contributed by atoms with Crippen molar-refractivity contribution < 1.29 is 31.6 Å². The van der Waals surface area contributed by atoms with E-state index in [1.807, 2.05) is 0 Å². The Morgan fingerprint density at radius 2 is 2.12 bits per heavy atom. The molecule has 1 aromatic carbocycles. The molecule has 0 saturated carbocycles. The van der Waals surface area contributed by atoms with Crippen molar-refractivity contribution in [2.45, 2.75) is 25.6 Å². The van der Waals surface area contributed by atoms with Crippen LogP contribution in [-0.2, 0) is 22.3 Å². The lowest BCUT2D eigenvalue weighted by atomic mass is 10.1. The standard InChI is InChI=1S/C15H15F4N3O3/c1-24-6-2-3-12(23)20-8-9-4-5-10(11(16)7-9)13-21-14(25-22-13)15(17,18)19/h4-5,7H,2-3,6,8H2,1H3,(H,20,23). The van der Waals surface area contributed by atoms with Crippen molar-refractivity contribution in [3.05, 3.63) is 35.5 Å². The molecule has 136 valence electrons. The van der Waals surface area contributed by atoms with E-state index in [-0.39, 0.29) is 24.4 Å². The molecule has 0 spiro atoms. The predicted octanol–water partition coefficient (Wildman–Crippen LogP) is 2.94. The van der Waals surface area contributed by atoms with E-state index in [1.54, 1.807) is 0 Å². The molecule has 0 bridgehead atoms. The predicted molar refractivity (Wildman–Crippen MR) is 77.7 cm³/mol. The minimum atomic E-state index is -4.80. The maximum atomic E-state index is 14.1. The highest BCUT2D eigenvalue weighted by Gasteiger charge is 2.38. The smallest absolute Gasteiger partial charge is 0.385 e. The van der Waals surface area contributed by atoms with Gasteiger partial charge in [-0.3, -0.25) is 4.79 Å². The molecular weight excluding hydrogens is 346 g/mol. The Kier molecular flexibility index (Phi) is 6.07. The lowest BCUT2D eigenvalue weighted by Crippen LogP contribution is -2.22. The number of benzene rings is 1. The molecule has 0 fully saturated rings. The third-order valence-corrected chi connectivity index (χ3v) is 3.18. The Labute approximate surface area is 140 Å². The molecule has 0 aliphatic heterocycles. The molecule has 6 nitrogen and oxygen atoms in total. The molecule has 0 aliphatic rings. The molecule has 0 unspecified atom stereocenters. The molecule has 1 heterocycles. The molecule has 2 rings (SSSR count). The fourth-order valence-corrected chi connectivity index (χ4v) is 1.96.